The van der Waals surface area contributed by atoms with Gasteiger partial charge < -0.3 is 10.4 Å². The van der Waals surface area contributed by atoms with Crippen LogP contribution < -0.4 is 5.32 Å². The normalized spacial score (nSPS) is 11.9. The third-order valence-corrected chi connectivity index (χ3v) is 3.65. The maximum atomic E-state index is 12.7. The maximum absolute atomic E-state index is 12.7. The summed E-state index contributed by atoms with van der Waals surface area (Å²) in [5, 5.41) is 18.9. The molecule has 1 amide bonds. The molecule has 0 aliphatic rings. The van der Waals surface area contributed by atoms with Gasteiger partial charge in [0.1, 0.15) is 5.88 Å². The molecule has 0 saturated carbocycles. The van der Waals surface area contributed by atoms with Crippen LogP contribution in [0.3, 0.4) is 0 Å². The first-order valence-electron chi connectivity index (χ1n) is 7.30. The number of rotatable bonds is 7. The van der Waals surface area contributed by atoms with Gasteiger partial charge in [-0.3, -0.25) is 9.59 Å². The minimum atomic E-state index is -1.63. The van der Waals surface area contributed by atoms with Crippen molar-refractivity contribution in [3.8, 4) is 0 Å². The number of alkyl halides is 1. The Labute approximate surface area is 158 Å². The summed E-state index contributed by atoms with van der Waals surface area (Å²) in [6.45, 7) is 0. The number of benzene rings is 2. The van der Waals surface area contributed by atoms with Crippen molar-refractivity contribution in [1.82, 2.24) is 5.32 Å². The zero-order valence-electron chi connectivity index (χ0n) is 13.2. The predicted molar refractivity (Wildman–Crippen MR) is 96.1 cm³/mol. The molecule has 0 aliphatic heterocycles. The monoisotopic (exact) mass is 393 g/mol. The molecule has 0 heterocycles. The predicted octanol–water partition coefficient (Wildman–Crippen LogP) is 3.42. The first-order valence-corrected chi connectivity index (χ1v) is 8.22. The number of carbonyl (C=O) groups is 3. The van der Waals surface area contributed by atoms with Crippen molar-refractivity contribution < 1.29 is 19.5 Å². The Morgan fingerprint density at radius 2 is 1.81 bits per heavy atom. The minimum Gasteiger partial charge on any atom is -0.478 e. The summed E-state index contributed by atoms with van der Waals surface area (Å²) in [7, 11) is 0. The quantitative estimate of drug-likeness (QED) is 0.426. The minimum absolute atomic E-state index is 0.120. The van der Waals surface area contributed by atoms with Crippen molar-refractivity contribution in [3.63, 3.8) is 0 Å². The molecule has 2 aromatic rings. The lowest BCUT2D eigenvalue weighted by molar-refractivity contribution is -0.141. The summed E-state index contributed by atoms with van der Waals surface area (Å²) in [5.74, 6) is -2.90. The van der Waals surface area contributed by atoms with Gasteiger partial charge in [0.2, 0.25) is 12.1 Å². The number of hydrogen-bond donors (Lipinski definition) is 2. The van der Waals surface area contributed by atoms with Crippen LogP contribution in [0.2, 0.25) is 5.02 Å². The van der Waals surface area contributed by atoms with E-state index in [0.717, 1.165) is 0 Å². The van der Waals surface area contributed by atoms with E-state index in [9.17, 15) is 14.4 Å². The molecule has 2 aromatic carbocycles. The molecule has 0 spiro atoms. The molecule has 0 saturated heterocycles. The number of nitrogens with zero attached hydrogens (tertiary/aromatic N) is 2. The number of aliphatic carboxylic acids is 1. The van der Waals surface area contributed by atoms with Gasteiger partial charge in [0.25, 0.3) is 0 Å². The number of carbonyl (C=O) groups excluding carboxylic acids is 2. The fourth-order valence-corrected chi connectivity index (χ4v) is 2.22. The fraction of sp³-hybridized carbons (Fsp3) is 0.118. The topological polar surface area (TPSA) is 108 Å². The average molecular weight is 394 g/mol. The molecule has 0 bridgehead atoms. The van der Waals surface area contributed by atoms with E-state index >= 15 is 0 Å². The maximum Gasteiger partial charge on any atom is 0.351 e. The Bertz CT molecular complexity index is 856. The number of ketones is 1. The van der Waals surface area contributed by atoms with E-state index in [-0.39, 0.29) is 17.0 Å². The first-order chi connectivity index (χ1) is 12.4. The van der Waals surface area contributed by atoms with Crippen LogP contribution in [0.1, 0.15) is 15.9 Å². The standard InChI is InChI=1S/C17H13Cl2N3O4/c18-9-14(23)20-16(17(25)26)22-21-13-7-6-11(19)8-12(13)15(24)10-4-2-1-3-5-10/h1-8,16H,9H2,(H,20,23)(H,25,26). The number of azo groups is 1. The molecule has 9 heteroatoms. The van der Waals surface area contributed by atoms with Gasteiger partial charge in [-0.2, -0.15) is 10.2 Å². The summed E-state index contributed by atoms with van der Waals surface area (Å²) in [6.07, 6.45) is -1.63. The molecule has 0 fully saturated rings. The van der Waals surface area contributed by atoms with Crippen molar-refractivity contribution in [2.45, 2.75) is 6.17 Å². The third kappa shape index (κ3) is 5.11. The number of nitrogens with one attached hydrogen (secondary N) is 1. The van der Waals surface area contributed by atoms with Crippen LogP contribution in [-0.4, -0.2) is 34.8 Å². The van der Waals surface area contributed by atoms with E-state index in [1.807, 2.05) is 0 Å². The van der Waals surface area contributed by atoms with Crippen LogP contribution in [0.5, 0.6) is 0 Å². The Balaban J connectivity index is 2.36. The molecule has 0 aliphatic carbocycles. The van der Waals surface area contributed by atoms with Crippen molar-refractivity contribution in [3.05, 3.63) is 64.7 Å². The lowest BCUT2D eigenvalue weighted by atomic mass is 10.0. The highest BCUT2D eigenvalue weighted by molar-refractivity contribution is 6.31. The van der Waals surface area contributed by atoms with Crippen LogP contribution in [0.15, 0.2) is 58.8 Å². The van der Waals surface area contributed by atoms with Crippen LogP contribution in [-0.2, 0) is 9.59 Å². The average Bonchev–Trinajstić information content (AvgIpc) is 2.65. The molecule has 0 aromatic heterocycles. The molecule has 2 rings (SSSR count). The van der Waals surface area contributed by atoms with Crippen LogP contribution in [0, 0.1) is 0 Å². The van der Waals surface area contributed by atoms with Gasteiger partial charge in [-0.1, -0.05) is 41.9 Å². The summed E-state index contributed by atoms with van der Waals surface area (Å²) in [4.78, 5) is 35.1. The van der Waals surface area contributed by atoms with Crippen LogP contribution in [0.25, 0.3) is 0 Å². The SMILES string of the molecule is O=C(CCl)NC(N=Nc1ccc(Cl)cc1C(=O)c1ccccc1)C(=O)O. The lowest BCUT2D eigenvalue weighted by Gasteiger charge is -2.09. The summed E-state index contributed by atoms with van der Waals surface area (Å²) < 4.78 is 0. The van der Waals surface area contributed by atoms with Crippen molar-refractivity contribution in [1.29, 1.82) is 0 Å². The summed E-state index contributed by atoms with van der Waals surface area (Å²) in [5.41, 5.74) is 0.686. The van der Waals surface area contributed by atoms with Crippen LogP contribution >= 0.6 is 23.2 Å². The Kier molecular flexibility index (Phi) is 6.82. The van der Waals surface area contributed by atoms with Crippen molar-refractivity contribution >= 4 is 46.5 Å². The number of carboxylic acid groups (broad SMARTS) is 1. The van der Waals surface area contributed by atoms with E-state index in [0.29, 0.717) is 10.6 Å². The van der Waals surface area contributed by atoms with Gasteiger partial charge in [-0.25, -0.2) is 4.79 Å². The van der Waals surface area contributed by atoms with E-state index in [1.54, 1.807) is 30.3 Å². The number of carboxylic acids is 1. The van der Waals surface area contributed by atoms with Gasteiger partial charge in [0, 0.05) is 10.6 Å². The van der Waals surface area contributed by atoms with Gasteiger partial charge >= 0.3 is 5.97 Å². The Hall–Kier alpha value is -2.77. The first kappa shape index (κ1) is 19.6. The van der Waals surface area contributed by atoms with Gasteiger partial charge in [-0.05, 0) is 18.2 Å². The highest BCUT2D eigenvalue weighted by atomic mass is 35.5. The molecule has 1 atom stereocenters. The second kappa shape index (κ2) is 9.07. The van der Waals surface area contributed by atoms with Crippen molar-refractivity contribution in [2.75, 3.05) is 5.88 Å². The molecular formula is C17H13Cl2N3O4. The van der Waals surface area contributed by atoms with Gasteiger partial charge in [0.05, 0.1) is 11.3 Å². The molecule has 2 N–H and O–H groups in total. The van der Waals surface area contributed by atoms with E-state index < -0.39 is 23.9 Å². The highest BCUT2D eigenvalue weighted by Crippen LogP contribution is 2.26. The number of hydrogen-bond acceptors (Lipinski definition) is 5. The molecular weight excluding hydrogens is 381 g/mol. The van der Waals surface area contributed by atoms with E-state index in [1.165, 1.54) is 18.2 Å². The third-order valence-electron chi connectivity index (χ3n) is 3.17. The molecule has 7 nitrogen and oxygen atoms in total. The smallest absolute Gasteiger partial charge is 0.351 e. The Morgan fingerprint density at radius 3 is 2.42 bits per heavy atom. The zero-order valence-corrected chi connectivity index (χ0v) is 14.7. The van der Waals surface area contributed by atoms with Gasteiger partial charge in [-0.15, -0.1) is 11.6 Å². The van der Waals surface area contributed by atoms with Gasteiger partial charge in [0.15, 0.2) is 5.78 Å². The highest BCUT2D eigenvalue weighted by Gasteiger charge is 2.20. The Morgan fingerprint density at radius 1 is 1.12 bits per heavy atom. The molecule has 1 unspecified atom stereocenters. The number of halogens is 2. The summed E-state index contributed by atoms with van der Waals surface area (Å²) >= 11 is 11.3. The van der Waals surface area contributed by atoms with Crippen molar-refractivity contribution in [2.24, 2.45) is 10.2 Å². The van der Waals surface area contributed by atoms with Crippen LogP contribution in [0.4, 0.5) is 5.69 Å². The zero-order chi connectivity index (χ0) is 19.1. The molecule has 0 radical (unpaired) electrons. The second-order valence-corrected chi connectivity index (χ2v) is 5.72. The van der Waals surface area contributed by atoms with E-state index in [2.05, 4.69) is 15.5 Å². The largest absolute Gasteiger partial charge is 0.478 e. The second-order valence-electron chi connectivity index (χ2n) is 5.01. The number of amides is 1. The fourth-order valence-electron chi connectivity index (χ4n) is 1.97. The molecule has 134 valence electrons. The summed E-state index contributed by atoms with van der Waals surface area (Å²) in [6, 6.07) is 12.8. The molecule has 26 heavy (non-hydrogen) atoms. The van der Waals surface area contributed by atoms with E-state index in [4.69, 9.17) is 28.3 Å². The lowest BCUT2D eigenvalue weighted by Crippen LogP contribution is -2.39.